The molecule has 0 amide bonds. The van der Waals surface area contributed by atoms with Crippen molar-refractivity contribution < 1.29 is 9.32 Å². The first-order chi connectivity index (χ1) is 9.16. The zero-order valence-electron chi connectivity index (χ0n) is 10.5. The predicted octanol–water partition coefficient (Wildman–Crippen LogP) is 1.60. The summed E-state index contributed by atoms with van der Waals surface area (Å²) in [6.45, 7) is 0. The van der Waals surface area contributed by atoms with Crippen molar-refractivity contribution in [3.05, 3.63) is 36.3 Å². The summed E-state index contributed by atoms with van der Waals surface area (Å²) in [6, 6.07) is 3.89. The van der Waals surface area contributed by atoms with Crippen LogP contribution in [0.5, 0.6) is 0 Å². The zero-order valence-corrected chi connectivity index (χ0v) is 11.3. The summed E-state index contributed by atoms with van der Waals surface area (Å²) in [6.07, 6.45) is 8.82. The Morgan fingerprint density at radius 1 is 1.32 bits per heavy atom. The van der Waals surface area contributed by atoms with Crippen LogP contribution in [0.25, 0.3) is 5.65 Å². The summed E-state index contributed by atoms with van der Waals surface area (Å²) in [4.78, 5) is 4.21. The smallest absolute Gasteiger partial charge is 0.136 e. The first-order valence-corrected chi connectivity index (χ1v) is 7.98. The molecule has 4 heterocycles. The van der Waals surface area contributed by atoms with Gasteiger partial charge >= 0.3 is 0 Å². The number of rotatable bonds is 1. The van der Waals surface area contributed by atoms with Crippen LogP contribution in [0.3, 0.4) is 0 Å². The highest BCUT2D eigenvalue weighted by Crippen LogP contribution is 2.45. The summed E-state index contributed by atoms with van der Waals surface area (Å²) in [7, 11) is -0.737. The molecule has 5 heteroatoms. The maximum atomic E-state index is 12.1. The maximum absolute atomic E-state index is 12.1. The molecule has 2 aromatic heterocycles. The van der Waals surface area contributed by atoms with Crippen molar-refractivity contribution in [2.45, 2.75) is 41.8 Å². The van der Waals surface area contributed by atoms with Gasteiger partial charge in [0.25, 0.3) is 0 Å². The Morgan fingerprint density at radius 2 is 2.05 bits per heavy atom. The molecular formula is C14H16N2O2S. The van der Waals surface area contributed by atoms with Gasteiger partial charge in [-0.25, -0.2) is 4.98 Å². The molecule has 0 radical (unpaired) electrons. The van der Waals surface area contributed by atoms with Crippen LogP contribution in [0.15, 0.2) is 30.7 Å². The second kappa shape index (κ2) is 3.90. The van der Waals surface area contributed by atoms with Crippen LogP contribution >= 0.6 is 0 Å². The lowest BCUT2D eigenvalue weighted by Gasteiger charge is -2.36. The van der Waals surface area contributed by atoms with Crippen molar-refractivity contribution in [3.8, 4) is 0 Å². The van der Waals surface area contributed by atoms with Crippen molar-refractivity contribution >= 4 is 16.4 Å². The van der Waals surface area contributed by atoms with E-state index in [0.29, 0.717) is 12.8 Å². The molecule has 100 valence electrons. The molecule has 2 atom stereocenters. The van der Waals surface area contributed by atoms with E-state index in [0.717, 1.165) is 24.1 Å². The third-order valence-corrected chi connectivity index (χ3v) is 6.64. The average Bonchev–Trinajstić information content (AvgIpc) is 2.94. The van der Waals surface area contributed by atoms with Gasteiger partial charge in [0.15, 0.2) is 0 Å². The minimum absolute atomic E-state index is 0.169. The van der Waals surface area contributed by atoms with Gasteiger partial charge in [-0.05, 0) is 31.7 Å². The van der Waals surface area contributed by atoms with Gasteiger partial charge in [0.1, 0.15) is 5.65 Å². The van der Waals surface area contributed by atoms with E-state index in [9.17, 15) is 9.32 Å². The molecule has 19 heavy (non-hydrogen) atoms. The van der Waals surface area contributed by atoms with Gasteiger partial charge in [-0.15, -0.1) is 0 Å². The summed E-state index contributed by atoms with van der Waals surface area (Å²) in [5.41, 5.74) is 0.986. The minimum Gasteiger partial charge on any atom is -0.385 e. The number of hydrogen-bond acceptors (Lipinski definition) is 3. The molecule has 4 rings (SSSR count). The van der Waals surface area contributed by atoms with E-state index >= 15 is 0 Å². The Balaban J connectivity index is 1.76. The van der Waals surface area contributed by atoms with Gasteiger partial charge in [0, 0.05) is 45.5 Å². The molecular weight excluding hydrogens is 260 g/mol. The molecule has 2 aliphatic heterocycles. The number of hydrogen-bond donors (Lipinski definition) is 1. The summed E-state index contributed by atoms with van der Waals surface area (Å²) < 4.78 is 14.0. The molecule has 0 saturated carbocycles. The summed E-state index contributed by atoms with van der Waals surface area (Å²) in [5, 5.41) is 11.3. The van der Waals surface area contributed by atoms with Crippen LogP contribution < -0.4 is 0 Å². The van der Waals surface area contributed by atoms with Gasteiger partial charge in [-0.1, -0.05) is 6.07 Å². The van der Waals surface area contributed by atoms with Crippen molar-refractivity contribution in [3.63, 3.8) is 0 Å². The van der Waals surface area contributed by atoms with Crippen LogP contribution in [-0.4, -0.2) is 29.2 Å². The highest BCUT2D eigenvalue weighted by molar-refractivity contribution is 7.86. The van der Waals surface area contributed by atoms with E-state index in [1.54, 1.807) is 6.20 Å². The van der Waals surface area contributed by atoms with Crippen molar-refractivity contribution in [1.82, 2.24) is 9.38 Å². The van der Waals surface area contributed by atoms with Gasteiger partial charge in [-0.2, -0.15) is 0 Å². The maximum Gasteiger partial charge on any atom is 0.136 e. The standard InChI is InChI=1S/C14H16N2O2S/c17-14(7-11-2-3-12(8-14)19(11)18)10-1-4-13-15-5-6-16(13)9-10/h1,4-6,9,11-12,17H,2-3,7-8H2. The van der Waals surface area contributed by atoms with Crippen LogP contribution in [0.2, 0.25) is 0 Å². The lowest BCUT2D eigenvalue weighted by atomic mass is 9.87. The van der Waals surface area contributed by atoms with E-state index < -0.39 is 16.4 Å². The number of aromatic nitrogens is 2. The van der Waals surface area contributed by atoms with Crippen LogP contribution in [0, 0.1) is 0 Å². The van der Waals surface area contributed by atoms with Gasteiger partial charge < -0.3 is 9.51 Å². The van der Waals surface area contributed by atoms with Crippen molar-refractivity contribution in [2.24, 2.45) is 0 Å². The second-order valence-electron chi connectivity index (χ2n) is 5.70. The lowest BCUT2D eigenvalue weighted by Crippen LogP contribution is -2.40. The monoisotopic (exact) mass is 276 g/mol. The number of aliphatic hydroxyl groups is 1. The number of pyridine rings is 1. The SMILES string of the molecule is O=S1C2CCC1CC(O)(c1ccc3nccn3c1)C2. The summed E-state index contributed by atoms with van der Waals surface area (Å²) >= 11 is 0. The zero-order chi connectivity index (χ0) is 13.0. The Bertz CT molecular complexity index is 650. The quantitative estimate of drug-likeness (QED) is 0.860. The molecule has 1 N–H and O–H groups in total. The van der Waals surface area contributed by atoms with Crippen LogP contribution in [-0.2, 0) is 16.4 Å². The number of imidazole rings is 1. The van der Waals surface area contributed by atoms with Crippen molar-refractivity contribution in [1.29, 1.82) is 0 Å². The highest BCUT2D eigenvalue weighted by atomic mass is 32.2. The summed E-state index contributed by atoms with van der Waals surface area (Å²) in [5.74, 6) is 0. The second-order valence-corrected chi connectivity index (χ2v) is 7.69. The number of fused-ring (bicyclic) bond motifs is 3. The fourth-order valence-electron chi connectivity index (χ4n) is 3.51. The van der Waals surface area contributed by atoms with E-state index in [4.69, 9.17) is 0 Å². The molecule has 0 aromatic carbocycles. The van der Waals surface area contributed by atoms with E-state index in [1.807, 2.05) is 28.9 Å². The van der Waals surface area contributed by atoms with Crippen LogP contribution in [0.1, 0.15) is 31.2 Å². The first-order valence-electron chi connectivity index (χ1n) is 6.71. The average molecular weight is 276 g/mol. The normalized spacial score (nSPS) is 37.8. The molecule has 2 bridgehead atoms. The Kier molecular flexibility index (Phi) is 2.38. The molecule has 2 saturated heterocycles. The third-order valence-electron chi connectivity index (χ3n) is 4.52. The molecule has 4 nitrogen and oxygen atoms in total. The topological polar surface area (TPSA) is 54.6 Å². The molecule has 2 unspecified atom stereocenters. The largest absolute Gasteiger partial charge is 0.385 e. The van der Waals surface area contributed by atoms with Crippen molar-refractivity contribution in [2.75, 3.05) is 0 Å². The highest BCUT2D eigenvalue weighted by Gasteiger charge is 2.48. The van der Waals surface area contributed by atoms with Gasteiger partial charge in [-0.3, -0.25) is 4.21 Å². The Hall–Kier alpha value is -1.20. The Morgan fingerprint density at radius 3 is 2.79 bits per heavy atom. The fraction of sp³-hybridized carbons (Fsp3) is 0.500. The van der Waals surface area contributed by atoms with E-state index in [-0.39, 0.29) is 10.5 Å². The van der Waals surface area contributed by atoms with E-state index in [2.05, 4.69) is 4.98 Å². The minimum atomic E-state index is -0.821. The molecule has 2 aromatic rings. The fourth-order valence-corrected chi connectivity index (χ4v) is 5.67. The first kappa shape index (κ1) is 11.6. The van der Waals surface area contributed by atoms with Gasteiger partial charge in [0.05, 0.1) is 5.60 Å². The number of nitrogens with zero attached hydrogens (tertiary/aromatic N) is 2. The third kappa shape index (κ3) is 1.68. The molecule has 0 spiro atoms. The molecule has 2 aliphatic rings. The predicted molar refractivity (Wildman–Crippen MR) is 73.3 cm³/mol. The lowest BCUT2D eigenvalue weighted by molar-refractivity contribution is 0.0181. The van der Waals surface area contributed by atoms with Gasteiger partial charge in [0.2, 0.25) is 0 Å². The van der Waals surface area contributed by atoms with Crippen LogP contribution in [0.4, 0.5) is 0 Å². The van der Waals surface area contributed by atoms with E-state index in [1.165, 1.54) is 0 Å². The Labute approximate surface area is 113 Å². The molecule has 0 aliphatic carbocycles. The molecule has 2 fully saturated rings.